The molecular formula is C31H25BrN4O3. The van der Waals surface area contributed by atoms with Crippen molar-refractivity contribution >= 4 is 44.3 Å². The number of nitrogens with one attached hydrogen (secondary N) is 1. The molecule has 39 heavy (non-hydrogen) atoms. The molecule has 0 saturated heterocycles. The second-order valence-corrected chi connectivity index (χ2v) is 9.66. The van der Waals surface area contributed by atoms with Crippen molar-refractivity contribution in [3.8, 4) is 5.75 Å². The van der Waals surface area contributed by atoms with Gasteiger partial charge in [-0.05, 0) is 70.5 Å². The summed E-state index contributed by atoms with van der Waals surface area (Å²) in [5.74, 6) is 0.207. The molecule has 0 aliphatic carbocycles. The standard InChI is InChI=1S/C31H25BrN4O3/c32-25-18-24(19-33-20-25)31(38)36(27-7-2-1-3-8-27)17-16-34-30(37)23-11-14-28(15-12-23)39-21-26-13-10-22-6-4-5-9-29(22)35-26/h1-15,18-20H,16-17,21H2,(H,34,37). The highest BCUT2D eigenvalue weighted by Gasteiger charge is 2.18. The van der Waals surface area contributed by atoms with Crippen molar-refractivity contribution in [2.45, 2.75) is 6.61 Å². The number of amides is 2. The van der Waals surface area contributed by atoms with Gasteiger partial charge >= 0.3 is 0 Å². The van der Waals surface area contributed by atoms with E-state index in [1.807, 2.05) is 66.7 Å². The van der Waals surface area contributed by atoms with E-state index >= 15 is 0 Å². The molecule has 0 unspecified atom stereocenters. The van der Waals surface area contributed by atoms with Crippen molar-refractivity contribution in [3.05, 3.63) is 131 Å². The van der Waals surface area contributed by atoms with E-state index in [9.17, 15) is 9.59 Å². The monoisotopic (exact) mass is 580 g/mol. The lowest BCUT2D eigenvalue weighted by Gasteiger charge is -2.23. The highest BCUT2D eigenvalue weighted by atomic mass is 79.9. The minimum Gasteiger partial charge on any atom is -0.487 e. The zero-order chi connectivity index (χ0) is 27.0. The van der Waals surface area contributed by atoms with Gasteiger partial charge in [-0.3, -0.25) is 14.6 Å². The molecule has 7 nitrogen and oxygen atoms in total. The van der Waals surface area contributed by atoms with Gasteiger partial charge in [-0.25, -0.2) is 4.98 Å². The molecule has 0 bridgehead atoms. The second-order valence-electron chi connectivity index (χ2n) is 8.75. The number of ether oxygens (including phenoxy) is 1. The van der Waals surface area contributed by atoms with Crippen molar-refractivity contribution < 1.29 is 14.3 Å². The number of aromatic nitrogens is 2. The molecule has 2 heterocycles. The molecule has 0 atom stereocenters. The third-order valence-corrected chi connectivity index (χ3v) is 6.48. The van der Waals surface area contributed by atoms with Gasteiger partial charge in [0.2, 0.25) is 0 Å². The smallest absolute Gasteiger partial charge is 0.259 e. The van der Waals surface area contributed by atoms with E-state index in [0.717, 1.165) is 26.8 Å². The van der Waals surface area contributed by atoms with Gasteiger partial charge in [-0.1, -0.05) is 42.5 Å². The average molecular weight is 581 g/mol. The fraction of sp³-hybridized carbons (Fsp3) is 0.0968. The Balaban J connectivity index is 1.17. The van der Waals surface area contributed by atoms with Crippen LogP contribution in [-0.4, -0.2) is 34.9 Å². The number of hydrogen-bond acceptors (Lipinski definition) is 5. The molecule has 0 radical (unpaired) electrons. The van der Waals surface area contributed by atoms with E-state index < -0.39 is 0 Å². The van der Waals surface area contributed by atoms with Gasteiger partial charge in [0.05, 0.1) is 16.8 Å². The van der Waals surface area contributed by atoms with E-state index in [2.05, 4.69) is 31.2 Å². The summed E-state index contributed by atoms with van der Waals surface area (Å²) in [5.41, 5.74) is 3.44. The van der Waals surface area contributed by atoms with Crippen LogP contribution in [0.25, 0.3) is 10.9 Å². The lowest BCUT2D eigenvalue weighted by Crippen LogP contribution is -2.38. The molecule has 1 N–H and O–H groups in total. The van der Waals surface area contributed by atoms with Crippen LogP contribution in [0.3, 0.4) is 0 Å². The van der Waals surface area contributed by atoms with Crippen molar-refractivity contribution in [1.29, 1.82) is 0 Å². The molecule has 3 aromatic carbocycles. The summed E-state index contributed by atoms with van der Waals surface area (Å²) in [6.07, 6.45) is 3.15. The topological polar surface area (TPSA) is 84.4 Å². The number of rotatable bonds is 9. The molecule has 0 aliphatic heterocycles. The van der Waals surface area contributed by atoms with Crippen molar-refractivity contribution in [1.82, 2.24) is 15.3 Å². The fourth-order valence-corrected chi connectivity index (χ4v) is 4.44. The molecule has 8 heteroatoms. The van der Waals surface area contributed by atoms with Crippen LogP contribution < -0.4 is 15.0 Å². The minimum atomic E-state index is -0.234. The van der Waals surface area contributed by atoms with Crippen LogP contribution >= 0.6 is 15.9 Å². The normalized spacial score (nSPS) is 10.7. The van der Waals surface area contributed by atoms with Crippen LogP contribution in [-0.2, 0) is 6.61 Å². The molecule has 0 aliphatic rings. The minimum absolute atomic E-state index is 0.202. The largest absolute Gasteiger partial charge is 0.487 e. The van der Waals surface area contributed by atoms with Crippen molar-refractivity contribution in [3.63, 3.8) is 0 Å². The maximum absolute atomic E-state index is 13.2. The molecule has 2 aromatic heterocycles. The Morgan fingerprint density at radius 1 is 0.846 bits per heavy atom. The number of para-hydroxylation sites is 2. The van der Waals surface area contributed by atoms with Gasteiger partial charge in [-0.15, -0.1) is 0 Å². The molecule has 0 spiro atoms. The van der Waals surface area contributed by atoms with E-state index in [1.165, 1.54) is 6.20 Å². The lowest BCUT2D eigenvalue weighted by molar-refractivity contribution is 0.0943. The van der Waals surface area contributed by atoms with Gasteiger partial charge in [0.25, 0.3) is 11.8 Å². The number of anilines is 1. The number of hydrogen-bond donors (Lipinski definition) is 1. The summed E-state index contributed by atoms with van der Waals surface area (Å²) in [6.45, 7) is 0.890. The number of pyridine rings is 2. The Morgan fingerprint density at radius 2 is 1.62 bits per heavy atom. The zero-order valence-corrected chi connectivity index (χ0v) is 22.5. The number of fused-ring (bicyclic) bond motifs is 1. The number of nitrogens with zero attached hydrogens (tertiary/aromatic N) is 3. The Labute approximate surface area is 234 Å². The van der Waals surface area contributed by atoms with E-state index in [4.69, 9.17) is 4.74 Å². The molecule has 5 rings (SSSR count). The first-order valence-electron chi connectivity index (χ1n) is 12.4. The highest BCUT2D eigenvalue weighted by molar-refractivity contribution is 9.10. The van der Waals surface area contributed by atoms with Crippen LogP contribution in [0.2, 0.25) is 0 Å². The number of carbonyl (C=O) groups excluding carboxylic acids is 2. The zero-order valence-electron chi connectivity index (χ0n) is 21.0. The lowest BCUT2D eigenvalue weighted by atomic mass is 10.2. The Kier molecular flexibility index (Phi) is 8.23. The molecule has 194 valence electrons. The summed E-state index contributed by atoms with van der Waals surface area (Å²) in [6, 6.07) is 29.9. The SMILES string of the molecule is O=C(NCCN(C(=O)c1cncc(Br)c1)c1ccccc1)c1ccc(OCc2ccc3ccccc3n2)cc1. The van der Waals surface area contributed by atoms with Gasteiger partial charge in [0.15, 0.2) is 0 Å². The van der Waals surface area contributed by atoms with E-state index in [0.29, 0.717) is 30.0 Å². The first-order valence-corrected chi connectivity index (χ1v) is 13.2. The fourth-order valence-electron chi connectivity index (χ4n) is 4.07. The number of carbonyl (C=O) groups is 2. The van der Waals surface area contributed by atoms with Gasteiger partial charge in [-0.2, -0.15) is 0 Å². The second kappa shape index (κ2) is 12.3. The quantitative estimate of drug-likeness (QED) is 0.229. The maximum atomic E-state index is 13.2. The predicted molar refractivity (Wildman–Crippen MR) is 155 cm³/mol. The molecule has 5 aromatic rings. The Morgan fingerprint density at radius 3 is 2.41 bits per heavy atom. The van der Waals surface area contributed by atoms with E-state index in [1.54, 1.807) is 41.4 Å². The van der Waals surface area contributed by atoms with Crippen LogP contribution in [0.15, 0.2) is 114 Å². The first-order chi connectivity index (χ1) is 19.1. The molecular weight excluding hydrogens is 556 g/mol. The van der Waals surface area contributed by atoms with Crippen LogP contribution in [0.1, 0.15) is 26.4 Å². The first kappa shape index (κ1) is 26.1. The van der Waals surface area contributed by atoms with Crippen LogP contribution in [0, 0.1) is 0 Å². The Hall–Kier alpha value is -4.56. The van der Waals surface area contributed by atoms with Gasteiger partial charge < -0.3 is 15.0 Å². The van der Waals surface area contributed by atoms with E-state index in [-0.39, 0.29) is 18.4 Å². The van der Waals surface area contributed by atoms with Gasteiger partial charge in [0.1, 0.15) is 12.4 Å². The summed E-state index contributed by atoms with van der Waals surface area (Å²) >= 11 is 3.37. The summed E-state index contributed by atoms with van der Waals surface area (Å²) in [4.78, 5) is 36.4. The summed E-state index contributed by atoms with van der Waals surface area (Å²) in [5, 5.41) is 3.98. The third kappa shape index (κ3) is 6.66. The number of benzene rings is 3. The number of halogens is 1. The van der Waals surface area contributed by atoms with Crippen molar-refractivity contribution in [2.24, 2.45) is 0 Å². The highest BCUT2D eigenvalue weighted by Crippen LogP contribution is 2.19. The van der Waals surface area contributed by atoms with Crippen LogP contribution in [0.5, 0.6) is 5.75 Å². The molecule has 2 amide bonds. The summed E-state index contributed by atoms with van der Waals surface area (Å²) in [7, 11) is 0. The third-order valence-electron chi connectivity index (χ3n) is 6.05. The summed E-state index contributed by atoms with van der Waals surface area (Å²) < 4.78 is 6.59. The van der Waals surface area contributed by atoms with Crippen molar-refractivity contribution in [2.75, 3.05) is 18.0 Å². The predicted octanol–water partition coefficient (Wildman–Crippen LogP) is 6.05. The maximum Gasteiger partial charge on any atom is 0.259 e. The van der Waals surface area contributed by atoms with Crippen LogP contribution in [0.4, 0.5) is 5.69 Å². The molecule has 0 fully saturated rings. The average Bonchev–Trinajstić information content (AvgIpc) is 2.98. The van der Waals surface area contributed by atoms with Gasteiger partial charge in [0, 0.05) is 46.6 Å². The molecule has 0 saturated carbocycles. The Bertz CT molecular complexity index is 1590.